The van der Waals surface area contributed by atoms with Gasteiger partial charge in [0.05, 0.1) is 0 Å². The summed E-state index contributed by atoms with van der Waals surface area (Å²) in [5, 5.41) is 19.9. The lowest BCUT2D eigenvalue weighted by atomic mass is 10.1. The van der Waals surface area contributed by atoms with E-state index in [1.807, 2.05) is 0 Å². The van der Waals surface area contributed by atoms with E-state index in [1.165, 1.54) is 12.1 Å². The van der Waals surface area contributed by atoms with Crippen molar-refractivity contribution in [2.45, 2.75) is 6.92 Å². The molecule has 0 spiro atoms. The Morgan fingerprint density at radius 3 is 2.33 bits per heavy atom. The highest BCUT2D eigenvalue weighted by molar-refractivity contribution is 5.99. The number of carbonyl (C=O) groups is 1. The van der Waals surface area contributed by atoms with Crippen LogP contribution in [0.3, 0.4) is 0 Å². The molecule has 0 unspecified atom stereocenters. The molecule has 0 atom stereocenters. The molecule has 0 aliphatic carbocycles. The lowest BCUT2D eigenvalue weighted by molar-refractivity contribution is 0.0687. The number of pyridine rings is 1. The van der Waals surface area contributed by atoms with E-state index in [2.05, 4.69) is 4.98 Å². The van der Waals surface area contributed by atoms with Crippen LogP contribution in [0.2, 0.25) is 0 Å². The second-order valence-electron chi connectivity index (χ2n) is 5.11. The zero-order chi connectivity index (χ0) is 17.4. The fourth-order valence-corrected chi connectivity index (χ4v) is 2.38. The summed E-state index contributed by atoms with van der Waals surface area (Å²) in [6.07, 6.45) is 0. The third-order valence-corrected chi connectivity index (χ3v) is 3.41. The van der Waals surface area contributed by atoms with Gasteiger partial charge in [-0.2, -0.15) is 0 Å². The van der Waals surface area contributed by atoms with Gasteiger partial charge in [0.15, 0.2) is 11.4 Å². The van der Waals surface area contributed by atoms with Crippen molar-refractivity contribution in [1.82, 2.24) is 4.98 Å². The Morgan fingerprint density at radius 1 is 1.04 bits per heavy atom. The van der Waals surface area contributed by atoms with Crippen LogP contribution in [-0.4, -0.2) is 21.2 Å². The SMILES string of the molecule is Cc1nc(C(=O)O)c(O)c2cc(Oc3cc(F)cc(F)c3)ccc12. The lowest BCUT2D eigenvalue weighted by Gasteiger charge is -2.10. The maximum Gasteiger partial charge on any atom is 0.358 e. The number of aromatic hydroxyl groups is 1. The number of rotatable bonds is 3. The highest BCUT2D eigenvalue weighted by Gasteiger charge is 2.17. The molecular formula is C17H11F2NO4. The predicted octanol–water partition coefficient (Wildman–Crippen LogP) is 4.02. The molecule has 2 aromatic carbocycles. The molecule has 0 saturated heterocycles. The Hall–Kier alpha value is -3.22. The molecule has 1 aromatic heterocycles. The van der Waals surface area contributed by atoms with Crippen LogP contribution >= 0.6 is 0 Å². The molecule has 2 N–H and O–H groups in total. The molecule has 7 heteroatoms. The molecule has 122 valence electrons. The first-order chi connectivity index (χ1) is 11.3. The fourth-order valence-electron chi connectivity index (χ4n) is 2.38. The van der Waals surface area contributed by atoms with Gasteiger partial charge in [-0.1, -0.05) is 0 Å². The first-order valence-electron chi connectivity index (χ1n) is 6.85. The number of carboxylic acids is 1. The summed E-state index contributed by atoms with van der Waals surface area (Å²) in [5.74, 6) is -3.32. The third-order valence-electron chi connectivity index (χ3n) is 3.41. The van der Waals surface area contributed by atoms with E-state index in [0.717, 1.165) is 12.1 Å². The van der Waals surface area contributed by atoms with Crippen LogP contribution in [-0.2, 0) is 0 Å². The zero-order valence-electron chi connectivity index (χ0n) is 12.4. The van der Waals surface area contributed by atoms with Gasteiger partial charge in [0.25, 0.3) is 0 Å². The first-order valence-corrected chi connectivity index (χ1v) is 6.85. The molecular weight excluding hydrogens is 320 g/mol. The number of fused-ring (bicyclic) bond motifs is 1. The number of hydrogen-bond donors (Lipinski definition) is 2. The van der Waals surface area contributed by atoms with Crippen molar-refractivity contribution in [3.63, 3.8) is 0 Å². The van der Waals surface area contributed by atoms with Crippen molar-refractivity contribution >= 4 is 16.7 Å². The second kappa shape index (κ2) is 5.77. The van der Waals surface area contributed by atoms with Crippen molar-refractivity contribution in [2.24, 2.45) is 0 Å². The predicted molar refractivity (Wildman–Crippen MR) is 81.5 cm³/mol. The molecule has 0 aliphatic rings. The van der Waals surface area contributed by atoms with Gasteiger partial charge in [0.1, 0.15) is 23.1 Å². The average Bonchev–Trinajstić information content (AvgIpc) is 2.49. The molecule has 1 heterocycles. The minimum Gasteiger partial charge on any atom is -0.505 e. The number of carboxylic acid groups (broad SMARTS) is 1. The number of halogens is 2. The first kappa shape index (κ1) is 15.7. The highest BCUT2D eigenvalue weighted by atomic mass is 19.1. The van der Waals surface area contributed by atoms with E-state index in [1.54, 1.807) is 13.0 Å². The van der Waals surface area contributed by atoms with Crippen LogP contribution in [0.15, 0.2) is 36.4 Å². The van der Waals surface area contributed by atoms with Crippen molar-refractivity contribution in [1.29, 1.82) is 0 Å². The molecule has 5 nitrogen and oxygen atoms in total. The summed E-state index contributed by atoms with van der Waals surface area (Å²) in [5.41, 5.74) is -0.0579. The van der Waals surface area contributed by atoms with Gasteiger partial charge in [-0.3, -0.25) is 0 Å². The Bertz CT molecular complexity index is 952. The standard InChI is InChI=1S/C17H11F2NO4/c1-8-13-3-2-11(24-12-5-9(18)4-10(19)6-12)7-14(13)16(21)15(20-8)17(22)23/h2-7,21H,1H3,(H,22,23). The van der Waals surface area contributed by atoms with Gasteiger partial charge in [0, 0.05) is 34.7 Å². The average molecular weight is 331 g/mol. The van der Waals surface area contributed by atoms with Gasteiger partial charge in [0.2, 0.25) is 0 Å². The van der Waals surface area contributed by atoms with Gasteiger partial charge in [-0.05, 0) is 25.1 Å². The molecule has 0 radical (unpaired) electrons. The molecule has 0 fully saturated rings. The fraction of sp³-hybridized carbons (Fsp3) is 0.0588. The molecule has 0 saturated carbocycles. The minimum atomic E-state index is -1.36. The molecule has 0 amide bonds. The molecule has 0 aliphatic heterocycles. The zero-order valence-corrected chi connectivity index (χ0v) is 12.4. The number of aromatic nitrogens is 1. The maximum absolute atomic E-state index is 13.2. The van der Waals surface area contributed by atoms with Gasteiger partial charge in [-0.15, -0.1) is 0 Å². The molecule has 3 rings (SSSR count). The van der Waals surface area contributed by atoms with Gasteiger partial charge >= 0.3 is 5.97 Å². The number of benzene rings is 2. The highest BCUT2D eigenvalue weighted by Crippen LogP contribution is 2.34. The smallest absolute Gasteiger partial charge is 0.358 e. The quantitative estimate of drug-likeness (QED) is 0.758. The summed E-state index contributed by atoms with van der Waals surface area (Å²) >= 11 is 0. The van der Waals surface area contributed by atoms with Gasteiger partial charge in [-0.25, -0.2) is 18.6 Å². The van der Waals surface area contributed by atoms with E-state index in [0.29, 0.717) is 17.1 Å². The number of hydrogen-bond acceptors (Lipinski definition) is 4. The van der Waals surface area contributed by atoms with Crippen molar-refractivity contribution in [2.75, 3.05) is 0 Å². The van der Waals surface area contributed by atoms with E-state index < -0.39 is 29.0 Å². The van der Waals surface area contributed by atoms with Crippen molar-refractivity contribution < 1.29 is 28.5 Å². The monoisotopic (exact) mass is 331 g/mol. The van der Waals surface area contributed by atoms with E-state index in [4.69, 9.17) is 9.84 Å². The largest absolute Gasteiger partial charge is 0.505 e. The van der Waals surface area contributed by atoms with Crippen LogP contribution < -0.4 is 4.74 Å². The summed E-state index contributed by atoms with van der Waals surface area (Å²) in [6, 6.07) is 7.22. The van der Waals surface area contributed by atoms with E-state index in [-0.39, 0.29) is 16.9 Å². The Kier molecular flexibility index (Phi) is 3.76. The number of ether oxygens (including phenoxy) is 1. The van der Waals surface area contributed by atoms with Crippen LogP contribution in [0.4, 0.5) is 8.78 Å². The van der Waals surface area contributed by atoms with Crippen LogP contribution in [0.1, 0.15) is 16.2 Å². The van der Waals surface area contributed by atoms with Crippen LogP contribution in [0.25, 0.3) is 10.8 Å². The van der Waals surface area contributed by atoms with Crippen LogP contribution in [0, 0.1) is 18.6 Å². The lowest BCUT2D eigenvalue weighted by Crippen LogP contribution is -2.03. The van der Waals surface area contributed by atoms with E-state index >= 15 is 0 Å². The van der Waals surface area contributed by atoms with Crippen molar-refractivity contribution in [3.8, 4) is 17.2 Å². The third kappa shape index (κ3) is 2.83. The maximum atomic E-state index is 13.2. The van der Waals surface area contributed by atoms with Crippen molar-refractivity contribution in [3.05, 3.63) is 59.4 Å². The van der Waals surface area contributed by atoms with Crippen LogP contribution in [0.5, 0.6) is 17.2 Å². The van der Waals surface area contributed by atoms with Gasteiger partial charge < -0.3 is 14.9 Å². The summed E-state index contributed by atoms with van der Waals surface area (Å²) < 4.78 is 31.8. The summed E-state index contributed by atoms with van der Waals surface area (Å²) in [6.45, 7) is 1.61. The Labute approximate surface area is 134 Å². The minimum absolute atomic E-state index is 0.0597. The number of aromatic carboxylic acids is 1. The normalized spacial score (nSPS) is 10.8. The molecule has 0 bridgehead atoms. The topological polar surface area (TPSA) is 79.7 Å². The second-order valence-corrected chi connectivity index (χ2v) is 5.11. The number of nitrogens with zero attached hydrogens (tertiary/aromatic N) is 1. The molecule has 3 aromatic rings. The summed E-state index contributed by atoms with van der Waals surface area (Å²) in [4.78, 5) is 15.0. The Morgan fingerprint density at radius 2 is 1.71 bits per heavy atom. The Balaban J connectivity index is 2.10. The summed E-state index contributed by atoms with van der Waals surface area (Å²) in [7, 11) is 0. The molecule has 24 heavy (non-hydrogen) atoms. The number of aryl methyl sites for hydroxylation is 1. The van der Waals surface area contributed by atoms with E-state index in [9.17, 15) is 18.7 Å².